The molecule has 106 valence electrons. The monoisotopic (exact) mass is 367 g/mol. The van der Waals surface area contributed by atoms with Gasteiger partial charge in [-0.05, 0) is 31.5 Å². The van der Waals surface area contributed by atoms with Gasteiger partial charge in [0.15, 0.2) is 0 Å². The molecule has 1 heterocycles. The summed E-state index contributed by atoms with van der Waals surface area (Å²) in [5, 5.41) is 0.229. The van der Waals surface area contributed by atoms with Crippen LogP contribution in [0.2, 0.25) is 5.02 Å². The van der Waals surface area contributed by atoms with E-state index in [1.54, 1.807) is 12.1 Å². The minimum atomic E-state index is -3.57. The summed E-state index contributed by atoms with van der Waals surface area (Å²) in [6, 6.07) is 4.79. The molecule has 4 nitrogen and oxygen atoms in total. The summed E-state index contributed by atoms with van der Waals surface area (Å²) in [6.45, 7) is 3.27. The highest BCUT2D eigenvalue weighted by atomic mass is 79.9. The van der Waals surface area contributed by atoms with Crippen LogP contribution in [0.15, 0.2) is 27.6 Å². The SMILES string of the molecule is CC1CN(S(=O)(=O)c2ccc(Br)cc2Cl)CCCO1. The van der Waals surface area contributed by atoms with Crippen molar-refractivity contribution in [3.63, 3.8) is 0 Å². The van der Waals surface area contributed by atoms with Crippen molar-refractivity contribution in [2.75, 3.05) is 19.7 Å². The highest BCUT2D eigenvalue weighted by Crippen LogP contribution is 2.28. The van der Waals surface area contributed by atoms with E-state index in [1.807, 2.05) is 6.92 Å². The maximum absolute atomic E-state index is 12.6. The second kappa shape index (κ2) is 6.10. The van der Waals surface area contributed by atoms with Crippen LogP contribution in [-0.4, -0.2) is 38.5 Å². The fraction of sp³-hybridized carbons (Fsp3) is 0.500. The van der Waals surface area contributed by atoms with Crippen molar-refractivity contribution >= 4 is 37.6 Å². The number of benzene rings is 1. The molecule has 1 fully saturated rings. The molecule has 0 amide bonds. The topological polar surface area (TPSA) is 46.6 Å². The van der Waals surface area contributed by atoms with Crippen LogP contribution < -0.4 is 0 Å². The first-order valence-electron chi connectivity index (χ1n) is 5.98. The van der Waals surface area contributed by atoms with E-state index in [-0.39, 0.29) is 16.0 Å². The third-order valence-corrected chi connectivity index (χ3v) is 5.77. The first-order chi connectivity index (χ1) is 8.91. The Morgan fingerprint density at radius 2 is 2.21 bits per heavy atom. The van der Waals surface area contributed by atoms with Crippen molar-refractivity contribution in [3.8, 4) is 0 Å². The van der Waals surface area contributed by atoms with Crippen molar-refractivity contribution in [1.82, 2.24) is 4.31 Å². The summed E-state index contributed by atoms with van der Waals surface area (Å²) in [5.74, 6) is 0. The highest BCUT2D eigenvalue weighted by Gasteiger charge is 2.29. The number of halogens is 2. The van der Waals surface area contributed by atoms with E-state index >= 15 is 0 Å². The Kier molecular flexibility index (Phi) is 4.89. The second-order valence-electron chi connectivity index (χ2n) is 4.47. The Morgan fingerprint density at radius 3 is 2.89 bits per heavy atom. The van der Waals surface area contributed by atoms with Gasteiger partial charge in [-0.3, -0.25) is 0 Å². The number of hydrogen-bond donors (Lipinski definition) is 0. The zero-order valence-corrected chi connectivity index (χ0v) is 13.6. The van der Waals surface area contributed by atoms with E-state index in [1.165, 1.54) is 10.4 Å². The first kappa shape index (κ1) is 15.3. The van der Waals surface area contributed by atoms with Crippen molar-refractivity contribution in [3.05, 3.63) is 27.7 Å². The lowest BCUT2D eigenvalue weighted by Gasteiger charge is -2.22. The minimum Gasteiger partial charge on any atom is -0.377 e. The Labute approximate surface area is 126 Å². The molecule has 1 aromatic rings. The maximum atomic E-state index is 12.6. The van der Waals surface area contributed by atoms with E-state index < -0.39 is 10.0 Å². The molecule has 1 unspecified atom stereocenters. The zero-order valence-electron chi connectivity index (χ0n) is 10.5. The predicted molar refractivity (Wildman–Crippen MR) is 77.9 cm³/mol. The van der Waals surface area contributed by atoms with E-state index in [4.69, 9.17) is 16.3 Å². The normalized spacial score (nSPS) is 22.2. The van der Waals surface area contributed by atoms with E-state index in [0.29, 0.717) is 26.1 Å². The minimum absolute atomic E-state index is 0.105. The molecular weight excluding hydrogens is 354 g/mol. The van der Waals surface area contributed by atoms with Crippen LogP contribution in [0.3, 0.4) is 0 Å². The van der Waals surface area contributed by atoms with Gasteiger partial charge in [-0.2, -0.15) is 4.31 Å². The van der Waals surface area contributed by atoms with Gasteiger partial charge in [-0.1, -0.05) is 27.5 Å². The highest BCUT2D eigenvalue weighted by molar-refractivity contribution is 9.10. The molecule has 1 saturated heterocycles. The Balaban J connectivity index is 2.35. The predicted octanol–water partition coefficient (Wildman–Crippen LogP) is 2.90. The fourth-order valence-electron chi connectivity index (χ4n) is 2.00. The zero-order chi connectivity index (χ0) is 14.0. The van der Waals surface area contributed by atoms with Gasteiger partial charge >= 0.3 is 0 Å². The average Bonchev–Trinajstić information content (AvgIpc) is 2.53. The average molecular weight is 369 g/mol. The van der Waals surface area contributed by atoms with Gasteiger partial charge in [0.05, 0.1) is 11.1 Å². The lowest BCUT2D eigenvalue weighted by Crippen LogP contribution is -2.36. The van der Waals surface area contributed by atoms with Gasteiger partial charge in [-0.15, -0.1) is 0 Å². The third kappa shape index (κ3) is 3.49. The second-order valence-corrected chi connectivity index (χ2v) is 7.70. The smallest absolute Gasteiger partial charge is 0.244 e. The molecule has 0 radical (unpaired) electrons. The van der Waals surface area contributed by atoms with Crippen molar-refractivity contribution in [2.24, 2.45) is 0 Å². The number of sulfonamides is 1. The summed E-state index contributed by atoms with van der Waals surface area (Å²) in [5.41, 5.74) is 0. The number of ether oxygens (including phenoxy) is 1. The van der Waals surface area contributed by atoms with Crippen molar-refractivity contribution < 1.29 is 13.2 Å². The molecule has 1 aliphatic heterocycles. The van der Waals surface area contributed by atoms with E-state index in [9.17, 15) is 8.42 Å². The van der Waals surface area contributed by atoms with Gasteiger partial charge in [0.2, 0.25) is 10.0 Å². The Hall–Kier alpha value is -0.140. The Morgan fingerprint density at radius 1 is 1.47 bits per heavy atom. The van der Waals surface area contributed by atoms with Gasteiger partial charge in [0.1, 0.15) is 4.90 Å². The van der Waals surface area contributed by atoms with Gasteiger partial charge in [0.25, 0.3) is 0 Å². The summed E-state index contributed by atoms with van der Waals surface area (Å²) >= 11 is 9.31. The molecule has 0 N–H and O–H groups in total. The molecule has 0 aromatic heterocycles. The van der Waals surface area contributed by atoms with Crippen LogP contribution in [0, 0.1) is 0 Å². The number of hydrogen-bond acceptors (Lipinski definition) is 3. The van der Waals surface area contributed by atoms with Crippen LogP contribution in [0.4, 0.5) is 0 Å². The van der Waals surface area contributed by atoms with Gasteiger partial charge < -0.3 is 4.74 Å². The molecule has 0 bridgehead atoms. The van der Waals surface area contributed by atoms with Crippen LogP contribution in [0.25, 0.3) is 0 Å². The van der Waals surface area contributed by atoms with E-state index in [2.05, 4.69) is 15.9 Å². The first-order valence-corrected chi connectivity index (χ1v) is 8.59. The molecule has 1 aromatic carbocycles. The van der Waals surface area contributed by atoms with Crippen molar-refractivity contribution in [1.29, 1.82) is 0 Å². The molecule has 1 aliphatic rings. The molecule has 0 spiro atoms. The van der Waals surface area contributed by atoms with Crippen LogP contribution in [0.1, 0.15) is 13.3 Å². The number of rotatable bonds is 2. The standard InChI is InChI=1S/C12H15BrClNO3S/c1-9-8-15(5-2-6-18-9)19(16,17)12-4-3-10(13)7-11(12)14/h3-4,7,9H,2,5-6,8H2,1H3. The van der Waals surface area contributed by atoms with Gasteiger partial charge in [0, 0.05) is 24.2 Å². The Bertz CT molecular complexity index is 564. The summed E-state index contributed by atoms with van der Waals surface area (Å²) in [4.78, 5) is 0.145. The lowest BCUT2D eigenvalue weighted by atomic mass is 10.4. The van der Waals surface area contributed by atoms with Crippen LogP contribution in [-0.2, 0) is 14.8 Å². The van der Waals surface area contributed by atoms with Crippen LogP contribution >= 0.6 is 27.5 Å². The molecule has 1 atom stereocenters. The number of nitrogens with zero attached hydrogens (tertiary/aromatic N) is 1. The fourth-order valence-corrected chi connectivity index (χ4v) is 4.56. The molecule has 7 heteroatoms. The molecule has 0 saturated carbocycles. The quantitative estimate of drug-likeness (QED) is 0.806. The summed E-state index contributed by atoms with van der Waals surface area (Å²) in [6.07, 6.45) is 0.587. The van der Waals surface area contributed by atoms with Crippen molar-refractivity contribution in [2.45, 2.75) is 24.3 Å². The molecule has 2 rings (SSSR count). The third-order valence-electron chi connectivity index (χ3n) is 2.93. The molecule has 0 aliphatic carbocycles. The molecule has 19 heavy (non-hydrogen) atoms. The summed E-state index contributed by atoms with van der Waals surface area (Å²) in [7, 11) is -3.57. The van der Waals surface area contributed by atoms with Gasteiger partial charge in [-0.25, -0.2) is 8.42 Å². The van der Waals surface area contributed by atoms with Crippen LogP contribution in [0.5, 0.6) is 0 Å². The maximum Gasteiger partial charge on any atom is 0.244 e. The molecular formula is C12H15BrClNO3S. The van der Waals surface area contributed by atoms with E-state index in [0.717, 1.165) is 4.47 Å². The summed E-state index contributed by atoms with van der Waals surface area (Å²) < 4.78 is 32.8. The lowest BCUT2D eigenvalue weighted by molar-refractivity contribution is 0.0752. The largest absolute Gasteiger partial charge is 0.377 e.